The number of ether oxygens (including phenoxy) is 1. The van der Waals surface area contributed by atoms with E-state index in [9.17, 15) is 4.79 Å². The van der Waals surface area contributed by atoms with Crippen LogP contribution in [0.15, 0.2) is 12.4 Å². The summed E-state index contributed by atoms with van der Waals surface area (Å²) in [5.74, 6) is 1.60. The quantitative estimate of drug-likeness (QED) is 0.811. The first kappa shape index (κ1) is 16.7. The van der Waals surface area contributed by atoms with Gasteiger partial charge in [-0.05, 0) is 31.6 Å². The van der Waals surface area contributed by atoms with Crippen LogP contribution in [0.3, 0.4) is 0 Å². The summed E-state index contributed by atoms with van der Waals surface area (Å²) in [6, 6.07) is 0. The van der Waals surface area contributed by atoms with E-state index in [1.165, 1.54) is 0 Å². The van der Waals surface area contributed by atoms with E-state index in [1.54, 1.807) is 26.4 Å². The zero-order valence-corrected chi connectivity index (χ0v) is 13.5. The van der Waals surface area contributed by atoms with Crippen LogP contribution in [0.5, 0.6) is 0 Å². The Bertz CT molecular complexity index is 481. The number of nitrogens with zero attached hydrogens (tertiary/aromatic N) is 3. The molecule has 6 nitrogen and oxygen atoms in total. The Morgan fingerprint density at radius 2 is 2.18 bits per heavy atom. The van der Waals surface area contributed by atoms with Crippen LogP contribution in [0.2, 0.25) is 0 Å². The van der Waals surface area contributed by atoms with Crippen molar-refractivity contribution in [1.29, 1.82) is 0 Å². The largest absolute Gasteiger partial charge is 0.383 e. The van der Waals surface area contributed by atoms with Gasteiger partial charge >= 0.3 is 0 Å². The maximum Gasteiger partial charge on any atom is 0.219 e. The Morgan fingerprint density at radius 3 is 2.95 bits per heavy atom. The van der Waals surface area contributed by atoms with Crippen LogP contribution in [0, 0.1) is 5.92 Å². The highest BCUT2D eigenvalue weighted by atomic mass is 16.5. The molecule has 1 amide bonds. The third-order valence-corrected chi connectivity index (χ3v) is 4.15. The fourth-order valence-corrected chi connectivity index (χ4v) is 2.89. The van der Waals surface area contributed by atoms with Gasteiger partial charge in [0.2, 0.25) is 5.91 Å². The number of carbonyl (C=O) groups excluding carboxylic acids is 1. The third kappa shape index (κ3) is 4.94. The molecule has 0 unspecified atom stereocenters. The lowest BCUT2D eigenvalue weighted by atomic mass is 9.95. The molecule has 1 aromatic heterocycles. The van der Waals surface area contributed by atoms with E-state index in [0.29, 0.717) is 12.5 Å². The van der Waals surface area contributed by atoms with Gasteiger partial charge in [-0.3, -0.25) is 9.78 Å². The molecule has 1 aliphatic heterocycles. The SMILES string of the molecule is COCCNc1nccnc1C[C@@H]1CCCN(C(C)=O)CC1. The van der Waals surface area contributed by atoms with Gasteiger partial charge in [0.15, 0.2) is 0 Å². The normalized spacial score (nSPS) is 18.8. The zero-order chi connectivity index (χ0) is 15.8. The number of carbonyl (C=O) groups is 1. The van der Waals surface area contributed by atoms with Crippen molar-refractivity contribution in [2.24, 2.45) is 5.92 Å². The Morgan fingerprint density at radius 1 is 1.36 bits per heavy atom. The Balaban J connectivity index is 1.94. The average Bonchev–Trinajstić information content (AvgIpc) is 2.75. The summed E-state index contributed by atoms with van der Waals surface area (Å²) in [7, 11) is 1.69. The molecular weight excluding hydrogens is 280 g/mol. The lowest BCUT2D eigenvalue weighted by Crippen LogP contribution is -2.29. The molecule has 0 radical (unpaired) electrons. The molecule has 0 aliphatic carbocycles. The molecular formula is C16H26N4O2. The van der Waals surface area contributed by atoms with Crippen LogP contribution >= 0.6 is 0 Å². The Hall–Kier alpha value is -1.69. The minimum atomic E-state index is 0.182. The monoisotopic (exact) mass is 306 g/mol. The number of rotatable bonds is 6. The molecule has 0 saturated carbocycles. The number of aromatic nitrogens is 2. The van der Waals surface area contributed by atoms with Gasteiger partial charge in [-0.1, -0.05) is 0 Å². The Labute approximate surface area is 132 Å². The van der Waals surface area contributed by atoms with Gasteiger partial charge in [-0.2, -0.15) is 0 Å². The number of methoxy groups -OCH3 is 1. The average molecular weight is 306 g/mol. The maximum atomic E-state index is 11.5. The van der Waals surface area contributed by atoms with E-state index in [0.717, 1.165) is 56.8 Å². The van der Waals surface area contributed by atoms with Crippen molar-refractivity contribution in [3.8, 4) is 0 Å². The van der Waals surface area contributed by atoms with E-state index in [1.807, 2.05) is 4.90 Å². The van der Waals surface area contributed by atoms with E-state index >= 15 is 0 Å². The molecule has 1 aromatic rings. The number of hydrogen-bond acceptors (Lipinski definition) is 5. The van der Waals surface area contributed by atoms with Gasteiger partial charge in [-0.25, -0.2) is 4.98 Å². The van der Waals surface area contributed by atoms with Crippen LogP contribution in [0.4, 0.5) is 5.82 Å². The first-order valence-electron chi connectivity index (χ1n) is 7.99. The first-order valence-corrected chi connectivity index (χ1v) is 7.99. The van der Waals surface area contributed by atoms with Crippen LogP contribution in [0.25, 0.3) is 0 Å². The molecule has 2 rings (SSSR count). The van der Waals surface area contributed by atoms with E-state index in [4.69, 9.17) is 4.74 Å². The molecule has 1 saturated heterocycles. The molecule has 6 heteroatoms. The summed E-state index contributed by atoms with van der Waals surface area (Å²) in [6.45, 7) is 4.76. The maximum absolute atomic E-state index is 11.5. The van der Waals surface area contributed by atoms with Crippen molar-refractivity contribution >= 4 is 11.7 Å². The van der Waals surface area contributed by atoms with Crippen molar-refractivity contribution in [2.45, 2.75) is 32.6 Å². The first-order chi connectivity index (χ1) is 10.7. The minimum Gasteiger partial charge on any atom is -0.383 e. The molecule has 1 N–H and O–H groups in total. The van der Waals surface area contributed by atoms with Crippen LogP contribution in [-0.4, -0.2) is 54.1 Å². The van der Waals surface area contributed by atoms with Crippen molar-refractivity contribution in [3.05, 3.63) is 18.1 Å². The second kappa shape index (κ2) is 8.68. The fraction of sp³-hybridized carbons (Fsp3) is 0.688. The van der Waals surface area contributed by atoms with Crippen molar-refractivity contribution < 1.29 is 9.53 Å². The molecule has 22 heavy (non-hydrogen) atoms. The zero-order valence-electron chi connectivity index (χ0n) is 13.5. The van der Waals surface area contributed by atoms with Crippen molar-refractivity contribution in [3.63, 3.8) is 0 Å². The highest BCUT2D eigenvalue weighted by Gasteiger charge is 2.20. The van der Waals surface area contributed by atoms with Gasteiger partial charge in [0, 0.05) is 46.1 Å². The number of amides is 1. The number of hydrogen-bond donors (Lipinski definition) is 1. The molecule has 1 aliphatic rings. The summed E-state index contributed by atoms with van der Waals surface area (Å²) in [5, 5.41) is 3.28. The summed E-state index contributed by atoms with van der Waals surface area (Å²) in [4.78, 5) is 22.3. The number of likely N-dealkylation sites (tertiary alicyclic amines) is 1. The summed E-state index contributed by atoms with van der Waals surface area (Å²) in [5.41, 5.74) is 1.01. The predicted octanol–water partition coefficient (Wildman–Crippen LogP) is 1.73. The van der Waals surface area contributed by atoms with E-state index in [2.05, 4.69) is 15.3 Å². The molecule has 122 valence electrons. The predicted molar refractivity (Wildman–Crippen MR) is 85.7 cm³/mol. The van der Waals surface area contributed by atoms with Gasteiger partial charge in [-0.15, -0.1) is 0 Å². The van der Waals surface area contributed by atoms with Crippen molar-refractivity contribution in [1.82, 2.24) is 14.9 Å². The smallest absolute Gasteiger partial charge is 0.219 e. The Kier molecular flexibility index (Phi) is 6.58. The molecule has 0 spiro atoms. The van der Waals surface area contributed by atoms with Gasteiger partial charge in [0.1, 0.15) is 5.82 Å². The van der Waals surface area contributed by atoms with Crippen molar-refractivity contribution in [2.75, 3.05) is 38.7 Å². The van der Waals surface area contributed by atoms with E-state index < -0.39 is 0 Å². The topological polar surface area (TPSA) is 67.3 Å². The van der Waals surface area contributed by atoms with Gasteiger partial charge in [0.25, 0.3) is 0 Å². The highest BCUT2D eigenvalue weighted by Crippen LogP contribution is 2.23. The summed E-state index contributed by atoms with van der Waals surface area (Å²) >= 11 is 0. The third-order valence-electron chi connectivity index (χ3n) is 4.15. The van der Waals surface area contributed by atoms with Crippen LogP contribution < -0.4 is 5.32 Å². The van der Waals surface area contributed by atoms with E-state index in [-0.39, 0.29) is 5.91 Å². The minimum absolute atomic E-state index is 0.182. The fourth-order valence-electron chi connectivity index (χ4n) is 2.89. The molecule has 0 bridgehead atoms. The number of anilines is 1. The van der Waals surface area contributed by atoms with Crippen LogP contribution in [0.1, 0.15) is 31.9 Å². The van der Waals surface area contributed by atoms with Gasteiger partial charge < -0.3 is 15.0 Å². The molecule has 2 heterocycles. The lowest BCUT2D eigenvalue weighted by Gasteiger charge is -2.18. The highest BCUT2D eigenvalue weighted by molar-refractivity contribution is 5.73. The molecule has 1 fully saturated rings. The molecule has 1 atom stereocenters. The lowest BCUT2D eigenvalue weighted by molar-refractivity contribution is -0.128. The second-order valence-corrected chi connectivity index (χ2v) is 5.78. The number of nitrogens with one attached hydrogen (secondary N) is 1. The standard InChI is InChI=1S/C16H26N4O2/c1-13(21)20-9-3-4-14(5-10-20)12-15-16(18-7-6-17-15)19-8-11-22-2/h6-7,14H,3-5,8-12H2,1-2H3,(H,18,19)/t14-/m1/s1. The molecule has 0 aromatic carbocycles. The summed E-state index contributed by atoms with van der Waals surface area (Å²) in [6.07, 6.45) is 7.61. The van der Waals surface area contributed by atoms with Crippen LogP contribution in [-0.2, 0) is 16.0 Å². The van der Waals surface area contributed by atoms with Gasteiger partial charge in [0.05, 0.1) is 12.3 Å². The second-order valence-electron chi connectivity index (χ2n) is 5.78. The summed E-state index contributed by atoms with van der Waals surface area (Å²) < 4.78 is 5.06.